The van der Waals surface area contributed by atoms with Gasteiger partial charge in [0, 0.05) is 16.9 Å². The molecular formula is C26H27F2N5O2. The van der Waals surface area contributed by atoms with Crippen LogP contribution in [0, 0.1) is 5.41 Å². The van der Waals surface area contributed by atoms with E-state index in [0.29, 0.717) is 11.4 Å². The van der Waals surface area contributed by atoms with Crippen LogP contribution in [0.2, 0.25) is 0 Å². The number of amides is 2. The van der Waals surface area contributed by atoms with Crippen LogP contribution in [0.1, 0.15) is 78.3 Å². The predicted molar refractivity (Wildman–Crippen MR) is 125 cm³/mol. The van der Waals surface area contributed by atoms with E-state index < -0.39 is 29.1 Å². The molecule has 7 nitrogen and oxygen atoms in total. The second kappa shape index (κ2) is 7.44. The van der Waals surface area contributed by atoms with Gasteiger partial charge in [0.25, 0.3) is 11.8 Å². The van der Waals surface area contributed by atoms with Crippen molar-refractivity contribution in [3.8, 4) is 5.82 Å². The lowest BCUT2D eigenvalue weighted by Gasteiger charge is -2.29. The van der Waals surface area contributed by atoms with Crippen LogP contribution < -0.4 is 11.5 Å². The number of nitrogens with zero attached hydrogens (tertiary/aromatic N) is 3. The summed E-state index contributed by atoms with van der Waals surface area (Å²) in [6.45, 7) is 5.43. The average molecular weight is 480 g/mol. The molecule has 1 saturated carbocycles. The minimum Gasteiger partial charge on any atom is -0.369 e. The van der Waals surface area contributed by atoms with E-state index in [1.807, 2.05) is 18.3 Å². The number of aromatic nitrogens is 3. The zero-order valence-electron chi connectivity index (χ0n) is 19.8. The molecule has 0 aliphatic heterocycles. The van der Waals surface area contributed by atoms with Gasteiger partial charge >= 0.3 is 0 Å². The van der Waals surface area contributed by atoms with Gasteiger partial charge in [0.2, 0.25) is 5.91 Å². The van der Waals surface area contributed by atoms with Crippen molar-refractivity contribution >= 4 is 11.8 Å². The maximum Gasteiger partial charge on any atom is 0.270 e. The Labute approximate surface area is 201 Å². The Morgan fingerprint density at radius 3 is 2.40 bits per heavy atom. The topological polar surface area (TPSA) is 117 Å². The number of halogens is 2. The number of fused-ring (bicyclic) bond motifs is 1. The van der Waals surface area contributed by atoms with Gasteiger partial charge < -0.3 is 11.5 Å². The second-order valence-corrected chi connectivity index (χ2v) is 9.89. The van der Waals surface area contributed by atoms with Crippen LogP contribution >= 0.6 is 0 Å². The molecule has 3 aromatic rings. The van der Waals surface area contributed by atoms with Crippen LogP contribution in [0.4, 0.5) is 8.78 Å². The van der Waals surface area contributed by atoms with Crippen molar-refractivity contribution in [2.45, 2.75) is 56.8 Å². The van der Waals surface area contributed by atoms with Gasteiger partial charge in [0.05, 0.1) is 17.8 Å². The SMILES string of the molecule is CCC1(c2ccc([C@H]3C(F)(F)[C@]3(C)C(N)=O)cc2)CC(C)c2c1cnn2-c1cccc(C(N)=O)n1. The number of carbonyl (C=O) groups excluding carboxylic acids is 2. The minimum absolute atomic E-state index is 0.136. The molecular weight excluding hydrogens is 452 g/mol. The van der Waals surface area contributed by atoms with E-state index in [0.717, 1.165) is 29.7 Å². The molecule has 2 unspecified atom stereocenters. The molecule has 2 heterocycles. The molecule has 5 rings (SSSR count). The van der Waals surface area contributed by atoms with Gasteiger partial charge in [-0.05, 0) is 43.0 Å². The lowest BCUT2D eigenvalue weighted by molar-refractivity contribution is -0.125. The van der Waals surface area contributed by atoms with E-state index >= 15 is 0 Å². The average Bonchev–Trinajstić information content (AvgIpc) is 3.16. The molecule has 9 heteroatoms. The molecule has 182 valence electrons. The summed E-state index contributed by atoms with van der Waals surface area (Å²) in [7, 11) is 0. The Balaban J connectivity index is 1.54. The fourth-order valence-electron chi connectivity index (χ4n) is 5.98. The summed E-state index contributed by atoms with van der Waals surface area (Å²) in [6, 6.07) is 12.2. The van der Waals surface area contributed by atoms with Crippen LogP contribution in [0.25, 0.3) is 5.82 Å². The highest BCUT2D eigenvalue weighted by molar-refractivity contribution is 5.91. The molecule has 35 heavy (non-hydrogen) atoms. The molecule has 2 aromatic heterocycles. The highest BCUT2D eigenvalue weighted by atomic mass is 19.3. The molecule has 0 spiro atoms. The monoisotopic (exact) mass is 479 g/mol. The van der Waals surface area contributed by atoms with Crippen molar-refractivity contribution in [2.75, 3.05) is 0 Å². The number of carbonyl (C=O) groups is 2. The lowest BCUT2D eigenvalue weighted by atomic mass is 9.73. The summed E-state index contributed by atoms with van der Waals surface area (Å²) >= 11 is 0. The first-order chi connectivity index (χ1) is 16.5. The normalized spacial score (nSPS) is 28.5. The molecule has 4 atom stereocenters. The number of alkyl halides is 2. The van der Waals surface area contributed by atoms with E-state index in [1.165, 1.54) is 6.92 Å². The smallest absolute Gasteiger partial charge is 0.270 e. The van der Waals surface area contributed by atoms with Crippen LogP contribution in [0.15, 0.2) is 48.7 Å². The van der Waals surface area contributed by atoms with Gasteiger partial charge in [-0.25, -0.2) is 18.4 Å². The number of hydrogen-bond acceptors (Lipinski definition) is 4. The molecule has 2 aliphatic carbocycles. The summed E-state index contributed by atoms with van der Waals surface area (Å²) in [5.41, 5.74) is 12.1. The number of hydrogen-bond donors (Lipinski definition) is 2. The third kappa shape index (κ3) is 3.00. The quantitative estimate of drug-likeness (QED) is 0.559. The summed E-state index contributed by atoms with van der Waals surface area (Å²) in [6.07, 6.45) is 3.42. The minimum atomic E-state index is -3.16. The fourth-order valence-corrected chi connectivity index (χ4v) is 5.98. The maximum atomic E-state index is 14.5. The Morgan fingerprint density at radius 2 is 1.83 bits per heavy atom. The Kier molecular flexibility index (Phi) is 4.92. The Bertz CT molecular complexity index is 1350. The largest absolute Gasteiger partial charge is 0.369 e. The molecule has 0 bridgehead atoms. The number of pyridine rings is 1. The summed E-state index contributed by atoms with van der Waals surface area (Å²) in [5.74, 6) is -5.33. The number of benzene rings is 1. The van der Waals surface area contributed by atoms with Gasteiger partial charge in [-0.15, -0.1) is 0 Å². The Hall–Kier alpha value is -3.62. The van der Waals surface area contributed by atoms with Crippen molar-refractivity contribution in [2.24, 2.45) is 16.9 Å². The van der Waals surface area contributed by atoms with Crippen LogP contribution in [-0.4, -0.2) is 32.5 Å². The molecule has 2 amide bonds. The van der Waals surface area contributed by atoms with Crippen molar-refractivity contribution in [1.29, 1.82) is 0 Å². The maximum absolute atomic E-state index is 14.5. The van der Waals surface area contributed by atoms with E-state index in [4.69, 9.17) is 11.5 Å². The first-order valence-corrected chi connectivity index (χ1v) is 11.6. The predicted octanol–water partition coefficient (Wildman–Crippen LogP) is 3.79. The van der Waals surface area contributed by atoms with Crippen molar-refractivity contribution in [1.82, 2.24) is 14.8 Å². The third-order valence-corrected chi connectivity index (χ3v) is 8.11. The van der Waals surface area contributed by atoms with Crippen molar-refractivity contribution in [3.63, 3.8) is 0 Å². The number of rotatable bonds is 6. The van der Waals surface area contributed by atoms with E-state index in [-0.39, 0.29) is 17.0 Å². The number of primary amides is 2. The van der Waals surface area contributed by atoms with Gasteiger partial charge in [0.15, 0.2) is 5.82 Å². The fraction of sp³-hybridized carbons (Fsp3) is 0.385. The van der Waals surface area contributed by atoms with Crippen molar-refractivity contribution < 1.29 is 18.4 Å². The van der Waals surface area contributed by atoms with Crippen molar-refractivity contribution in [3.05, 3.63) is 76.7 Å². The third-order valence-electron chi connectivity index (χ3n) is 8.11. The Morgan fingerprint density at radius 1 is 1.14 bits per heavy atom. The highest BCUT2D eigenvalue weighted by Gasteiger charge is 2.81. The summed E-state index contributed by atoms with van der Waals surface area (Å²) < 4.78 is 30.7. The zero-order valence-corrected chi connectivity index (χ0v) is 19.8. The van der Waals surface area contributed by atoms with E-state index in [2.05, 4.69) is 23.9 Å². The van der Waals surface area contributed by atoms with Crippen LogP contribution in [-0.2, 0) is 10.2 Å². The summed E-state index contributed by atoms with van der Waals surface area (Å²) in [4.78, 5) is 27.7. The van der Waals surface area contributed by atoms with E-state index in [1.54, 1.807) is 35.0 Å². The van der Waals surface area contributed by atoms with E-state index in [9.17, 15) is 18.4 Å². The molecule has 1 fully saturated rings. The zero-order chi connectivity index (χ0) is 25.3. The van der Waals surface area contributed by atoms with Crippen LogP contribution in [0.3, 0.4) is 0 Å². The first-order valence-electron chi connectivity index (χ1n) is 11.6. The first kappa shape index (κ1) is 23.1. The molecule has 4 N–H and O–H groups in total. The standard InChI is InChI=1S/C26H27F2N5O2/c1-4-25(16-10-8-15(9-11-16)21-24(3,23(30)35)26(21,27)28)12-14(2)20-17(25)13-31-33(20)19-7-5-6-18(32-19)22(29)34/h5-11,13-14,21H,4,12H2,1-3H3,(H2,29,34)(H2,30,35)/t14?,21-,24+,25?/m1/s1. The number of nitrogens with two attached hydrogens (primary N) is 2. The highest BCUT2D eigenvalue weighted by Crippen LogP contribution is 2.71. The second-order valence-electron chi connectivity index (χ2n) is 9.89. The van der Waals surface area contributed by atoms with Gasteiger partial charge in [-0.3, -0.25) is 9.59 Å². The lowest BCUT2D eigenvalue weighted by Crippen LogP contribution is -2.27. The molecule has 0 saturated heterocycles. The molecule has 2 aliphatic rings. The van der Waals surface area contributed by atoms with Gasteiger partial charge in [-0.1, -0.05) is 44.2 Å². The van der Waals surface area contributed by atoms with Crippen LogP contribution in [0.5, 0.6) is 0 Å². The van der Waals surface area contributed by atoms with Gasteiger partial charge in [-0.2, -0.15) is 5.10 Å². The summed E-state index contributed by atoms with van der Waals surface area (Å²) in [5, 5.41) is 4.59. The molecule has 1 aromatic carbocycles. The molecule has 0 radical (unpaired) electrons. The van der Waals surface area contributed by atoms with Gasteiger partial charge in [0.1, 0.15) is 11.1 Å².